The molecule has 2 heteroatoms. The molecule has 136 valence electrons. The fourth-order valence-corrected chi connectivity index (χ4v) is 3.31. The molecule has 0 aliphatic rings. The van der Waals surface area contributed by atoms with Crippen molar-refractivity contribution in [3.8, 4) is 0 Å². The molecule has 0 heterocycles. The number of hydrogen-bond donors (Lipinski definition) is 1. The first kappa shape index (κ1) is 19.5. The molecule has 2 aromatic carbocycles. The third-order valence-electron chi connectivity index (χ3n) is 5.08. The Labute approximate surface area is 154 Å². The monoisotopic (exact) mass is 338 g/mol. The molecule has 0 aromatic heterocycles. The van der Waals surface area contributed by atoms with Crippen molar-refractivity contribution < 1.29 is 0 Å². The number of rotatable bonds is 7. The van der Waals surface area contributed by atoms with Crippen molar-refractivity contribution in [1.29, 1.82) is 0 Å². The minimum absolute atomic E-state index is 0.191. The van der Waals surface area contributed by atoms with Gasteiger partial charge in [0.25, 0.3) is 0 Å². The van der Waals surface area contributed by atoms with E-state index in [4.69, 9.17) is 5.73 Å². The first-order valence-corrected chi connectivity index (χ1v) is 9.53. The molecule has 0 bridgehead atoms. The predicted octanol–water partition coefficient (Wildman–Crippen LogP) is 5.12. The third-order valence-corrected chi connectivity index (χ3v) is 5.08. The van der Waals surface area contributed by atoms with Gasteiger partial charge in [-0.25, -0.2) is 0 Å². The summed E-state index contributed by atoms with van der Waals surface area (Å²) in [6.07, 6.45) is 0.990. The fraction of sp³-hybridized carbons (Fsp3) is 0.478. The highest BCUT2D eigenvalue weighted by molar-refractivity contribution is 5.47. The number of nitrogens with zero attached hydrogens (tertiary/aromatic N) is 1. The molecule has 25 heavy (non-hydrogen) atoms. The van der Waals surface area contributed by atoms with Gasteiger partial charge in [0.05, 0.1) is 0 Å². The Bertz CT molecular complexity index is 631. The van der Waals surface area contributed by atoms with Crippen molar-refractivity contribution in [2.24, 2.45) is 5.73 Å². The van der Waals surface area contributed by atoms with E-state index in [1.54, 1.807) is 0 Å². The van der Waals surface area contributed by atoms with Crippen LogP contribution in [0.25, 0.3) is 0 Å². The van der Waals surface area contributed by atoms with Crippen LogP contribution in [0.4, 0.5) is 5.69 Å². The van der Waals surface area contributed by atoms with Gasteiger partial charge in [-0.3, -0.25) is 0 Å². The summed E-state index contributed by atoms with van der Waals surface area (Å²) >= 11 is 0. The molecular weight excluding hydrogens is 304 g/mol. The Hall–Kier alpha value is -1.80. The number of nitrogens with two attached hydrogens (primary N) is 1. The van der Waals surface area contributed by atoms with E-state index >= 15 is 0 Å². The van der Waals surface area contributed by atoms with Gasteiger partial charge in [-0.05, 0) is 61.1 Å². The van der Waals surface area contributed by atoms with Crippen LogP contribution in [0.5, 0.6) is 0 Å². The van der Waals surface area contributed by atoms with Gasteiger partial charge >= 0.3 is 0 Å². The molecule has 2 N–H and O–H groups in total. The molecule has 0 saturated carbocycles. The summed E-state index contributed by atoms with van der Waals surface area (Å²) in [6.45, 7) is 13.9. The van der Waals surface area contributed by atoms with E-state index in [2.05, 4.69) is 88.0 Å². The van der Waals surface area contributed by atoms with E-state index in [1.165, 1.54) is 22.4 Å². The van der Waals surface area contributed by atoms with E-state index in [1.807, 2.05) is 0 Å². The maximum Gasteiger partial charge on any atom is 0.0366 e. The highest BCUT2D eigenvalue weighted by atomic mass is 15.1. The summed E-state index contributed by atoms with van der Waals surface area (Å²) in [4.78, 5) is 2.37. The average molecular weight is 339 g/mol. The molecule has 0 amide bonds. The highest BCUT2D eigenvalue weighted by Gasteiger charge is 2.15. The van der Waals surface area contributed by atoms with Crippen molar-refractivity contribution in [2.45, 2.75) is 52.4 Å². The van der Waals surface area contributed by atoms with Crippen molar-refractivity contribution in [3.63, 3.8) is 0 Å². The Balaban J connectivity index is 2.11. The molecular formula is C23H34N2. The summed E-state index contributed by atoms with van der Waals surface area (Å²) in [5.41, 5.74) is 11.6. The van der Waals surface area contributed by atoms with Crippen LogP contribution in [0.15, 0.2) is 48.5 Å². The van der Waals surface area contributed by atoms with E-state index in [-0.39, 0.29) is 5.41 Å². The standard InChI is InChI=1S/C23H34N2/c1-6-25(7-2)22-14-8-18(9-15-22)16-20(17-24)19-10-12-21(13-11-19)23(3,4)5/h8-15,20H,6-7,16-17,24H2,1-5H3. The zero-order valence-corrected chi connectivity index (χ0v) is 16.5. The highest BCUT2D eigenvalue weighted by Crippen LogP contribution is 2.26. The lowest BCUT2D eigenvalue weighted by Crippen LogP contribution is -2.21. The second kappa shape index (κ2) is 8.53. The van der Waals surface area contributed by atoms with Gasteiger partial charge in [-0.1, -0.05) is 57.2 Å². The van der Waals surface area contributed by atoms with E-state index in [9.17, 15) is 0 Å². The first-order valence-electron chi connectivity index (χ1n) is 9.53. The van der Waals surface area contributed by atoms with Crippen molar-refractivity contribution in [1.82, 2.24) is 0 Å². The molecule has 0 saturated heterocycles. The smallest absolute Gasteiger partial charge is 0.0366 e. The molecule has 1 atom stereocenters. The zero-order chi connectivity index (χ0) is 18.4. The molecule has 2 rings (SSSR count). The number of hydrogen-bond acceptors (Lipinski definition) is 2. The second-order valence-electron chi connectivity index (χ2n) is 7.85. The lowest BCUT2D eigenvalue weighted by atomic mass is 9.84. The summed E-state index contributed by atoms with van der Waals surface area (Å²) in [5, 5.41) is 0. The first-order chi connectivity index (χ1) is 11.9. The largest absolute Gasteiger partial charge is 0.372 e. The summed E-state index contributed by atoms with van der Waals surface area (Å²) < 4.78 is 0. The Morgan fingerprint density at radius 1 is 0.880 bits per heavy atom. The summed E-state index contributed by atoms with van der Waals surface area (Å²) in [5.74, 6) is 0.369. The normalized spacial score (nSPS) is 12.9. The van der Waals surface area contributed by atoms with Gasteiger partial charge in [-0.2, -0.15) is 0 Å². The van der Waals surface area contributed by atoms with Crippen LogP contribution in [-0.2, 0) is 11.8 Å². The van der Waals surface area contributed by atoms with Crippen molar-refractivity contribution in [3.05, 3.63) is 65.2 Å². The van der Waals surface area contributed by atoms with Gasteiger partial charge in [0.1, 0.15) is 0 Å². The van der Waals surface area contributed by atoms with Crippen LogP contribution in [-0.4, -0.2) is 19.6 Å². The summed E-state index contributed by atoms with van der Waals surface area (Å²) in [6, 6.07) is 18.0. The van der Waals surface area contributed by atoms with Crippen LogP contribution < -0.4 is 10.6 Å². The maximum atomic E-state index is 6.09. The Kier molecular flexibility index (Phi) is 6.66. The number of benzene rings is 2. The molecule has 0 aliphatic heterocycles. The minimum Gasteiger partial charge on any atom is -0.372 e. The van der Waals surface area contributed by atoms with Gasteiger partial charge in [0, 0.05) is 24.7 Å². The predicted molar refractivity (Wildman–Crippen MR) is 111 cm³/mol. The molecule has 0 spiro atoms. The molecule has 1 unspecified atom stereocenters. The quantitative estimate of drug-likeness (QED) is 0.759. The lowest BCUT2D eigenvalue weighted by molar-refractivity contribution is 0.589. The van der Waals surface area contributed by atoms with Crippen molar-refractivity contribution in [2.75, 3.05) is 24.5 Å². The fourth-order valence-electron chi connectivity index (χ4n) is 3.31. The Morgan fingerprint density at radius 3 is 1.88 bits per heavy atom. The lowest BCUT2D eigenvalue weighted by Gasteiger charge is -2.22. The SMILES string of the molecule is CCN(CC)c1ccc(CC(CN)c2ccc(C(C)(C)C)cc2)cc1. The molecule has 2 aromatic rings. The molecule has 2 nitrogen and oxygen atoms in total. The molecule has 0 radical (unpaired) electrons. The van der Waals surface area contributed by atoms with Gasteiger partial charge in [-0.15, -0.1) is 0 Å². The van der Waals surface area contributed by atoms with E-state index < -0.39 is 0 Å². The van der Waals surface area contributed by atoms with Crippen molar-refractivity contribution >= 4 is 5.69 Å². The molecule has 0 fully saturated rings. The minimum atomic E-state index is 0.191. The van der Waals surface area contributed by atoms with Gasteiger partial charge in [0.15, 0.2) is 0 Å². The van der Waals surface area contributed by atoms with Crippen LogP contribution in [0.1, 0.15) is 57.2 Å². The van der Waals surface area contributed by atoms with Crippen LogP contribution in [0, 0.1) is 0 Å². The second-order valence-corrected chi connectivity index (χ2v) is 7.85. The summed E-state index contributed by atoms with van der Waals surface area (Å²) in [7, 11) is 0. The van der Waals surface area contributed by atoms with Crippen LogP contribution >= 0.6 is 0 Å². The van der Waals surface area contributed by atoms with E-state index in [0.29, 0.717) is 12.5 Å². The van der Waals surface area contributed by atoms with Gasteiger partial charge < -0.3 is 10.6 Å². The topological polar surface area (TPSA) is 29.3 Å². The average Bonchev–Trinajstić information content (AvgIpc) is 2.61. The van der Waals surface area contributed by atoms with Gasteiger partial charge in [0.2, 0.25) is 0 Å². The zero-order valence-electron chi connectivity index (χ0n) is 16.5. The van der Waals surface area contributed by atoms with Crippen LogP contribution in [0.3, 0.4) is 0 Å². The molecule has 0 aliphatic carbocycles. The maximum absolute atomic E-state index is 6.09. The third kappa shape index (κ3) is 5.09. The number of anilines is 1. The van der Waals surface area contributed by atoms with E-state index in [0.717, 1.165) is 19.5 Å². The Morgan fingerprint density at radius 2 is 1.44 bits per heavy atom. The van der Waals surface area contributed by atoms with Crippen LogP contribution in [0.2, 0.25) is 0 Å².